The molecule has 8 heteroatoms. The summed E-state index contributed by atoms with van der Waals surface area (Å²) in [5.74, 6) is 2.14. The summed E-state index contributed by atoms with van der Waals surface area (Å²) in [5.41, 5.74) is 9.42. The topological polar surface area (TPSA) is 86.1 Å². The number of hydrogen-bond donors (Lipinski definition) is 3. The van der Waals surface area contributed by atoms with Gasteiger partial charge in [0.05, 0.1) is 6.17 Å². The van der Waals surface area contributed by atoms with Gasteiger partial charge in [0.2, 0.25) is 5.91 Å². The van der Waals surface area contributed by atoms with Crippen molar-refractivity contribution >= 4 is 5.91 Å². The number of hydrogen-bond acceptors (Lipinski definition) is 7. The SMILES string of the molecule is CC(C)N1NCC2C(C(=O)N(C)C3CCOCC3)CC(C3CCCC(CN(C)CCN)C3)NC21. The number of ether oxygens (including phenoxy) is 1. The third-order valence-electron chi connectivity index (χ3n) is 9.06. The number of carbonyl (C=O) groups is 1. The Labute approximate surface area is 207 Å². The van der Waals surface area contributed by atoms with Crippen LogP contribution in [0.3, 0.4) is 0 Å². The van der Waals surface area contributed by atoms with Crippen molar-refractivity contribution in [1.82, 2.24) is 25.6 Å². The van der Waals surface area contributed by atoms with E-state index in [9.17, 15) is 4.79 Å². The van der Waals surface area contributed by atoms with E-state index in [0.717, 1.165) is 64.6 Å². The fourth-order valence-electron chi connectivity index (χ4n) is 7.18. The van der Waals surface area contributed by atoms with Crippen LogP contribution in [0.5, 0.6) is 0 Å². The zero-order valence-corrected chi connectivity index (χ0v) is 22.0. The summed E-state index contributed by atoms with van der Waals surface area (Å²) in [5, 5.41) is 6.43. The number of rotatable bonds is 8. The second kappa shape index (κ2) is 12.0. The quantitative estimate of drug-likeness (QED) is 0.487. The van der Waals surface area contributed by atoms with Gasteiger partial charge in [0.1, 0.15) is 0 Å². The molecule has 34 heavy (non-hydrogen) atoms. The first-order chi connectivity index (χ1) is 16.4. The molecule has 0 aromatic carbocycles. The Hall–Kier alpha value is -0.770. The minimum absolute atomic E-state index is 0.0839. The Kier molecular flexibility index (Phi) is 9.26. The average molecular weight is 479 g/mol. The predicted octanol–water partition coefficient (Wildman–Crippen LogP) is 1.47. The van der Waals surface area contributed by atoms with Crippen molar-refractivity contribution in [2.45, 2.75) is 83.1 Å². The first kappa shape index (κ1) is 26.3. The summed E-state index contributed by atoms with van der Waals surface area (Å²) in [7, 11) is 4.24. The number of piperidine rings is 1. The van der Waals surface area contributed by atoms with Gasteiger partial charge in [-0.1, -0.05) is 6.42 Å². The van der Waals surface area contributed by atoms with Crippen LogP contribution in [0.15, 0.2) is 0 Å². The maximum Gasteiger partial charge on any atom is 0.226 e. The van der Waals surface area contributed by atoms with Crippen molar-refractivity contribution in [3.63, 3.8) is 0 Å². The van der Waals surface area contributed by atoms with Gasteiger partial charge in [0.15, 0.2) is 0 Å². The van der Waals surface area contributed by atoms with Crippen LogP contribution >= 0.6 is 0 Å². The molecule has 6 atom stereocenters. The molecule has 1 saturated carbocycles. The first-order valence-corrected chi connectivity index (χ1v) is 13.9. The zero-order valence-electron chi connectivity index (χ0n) is 22.0. The fourth-order valence-corrected chi connectivity index (χ4v) is 7.18. The van der Waals surface area contributed by atoms with Crippen molar-refractivity contribution < 1.29 is 9.53 Å². The van der Waals surface area contributed by atoms with Crippen LogP contribution in [0, 0.1) is 23.7 Å². The van der Waals surface area contributed by atoms with Gasteiger partial charge < -0.3 is 20.3 Å². The van der Waals surface area contributed by atoms with E-state index in [1.807, 2.05) is 7.05 Å². The molecule has 3 aliphatic heterocycles. The summed E-state index contributed by atoms with van der Waals surface area (Å²) < 4.78 is 5.56. The second-order valence-corrected chi connectivity index (χ2v) is 11.7. The highest BCUT2D eigenvalue weighted by atomic mass is 16.5. The lowest BCUT2D eigenvalue weighted by atomic mass is 9.71. The van der Waals surface area contributed by atoms with Crippen molar-refractivity contribution in [1.29, 1.82) is 0 Å². The van der Waals surface area contributed by atoms with Gasteiger partial charge in [-0.2, -0.15) is 0 Å². The molecule has 4 fully saturated rings. The molecular weight excluding hydrogens is 428 g/mol. The van der Waals surface area contributed by atoms with E-state index in [1.165, 1.54) is 25.7 Å². The van der Waals surface area contributed by atoms with E-state index in [1.54, 1.807) is 0 Å². The molecule has 3 heterocycles. The largest absolute Gasteiger partial charge is 0.381 e. The lowest BCUT2D eigenvalue weighted by Crippen LogP contribution is -2.62. The van der Waals surface area contributed by atoms with Gasteiger partial charge in [-0.25, -0.2) is 5.01 Å². The summed E-state index contributed by atoms with van der Waals surface area (Å²) in [6.45, 7) is 9.75. The summed E-state index contributed by atoms with van der Waals surface area (Å²) in [4.78, 5) is 18.4. The molecule has 0 aromatic rings. The number of carbonyl (C=O) groups excluding carboxylic acids is 1. The Morgan fingerprint density at radius 3 is 2.62 bits per heavy atom. The molecule has 8 nitrogen and oxygen atoms in total. The molecule has 6 unspecified atom stereocenters. The molecule has 0 spiro atoms. The van der Waals surface area contributed by atoms with Gasteiger partial charge >= 0.3 is 0 Å². The van der Waals surface area contributed by atoms with Crippen LogP contribution < -0.4 is 16.5 Å². The molecule has 0 radical (unpaired) electrons. The van der Waals surface area contributed by atoms with E-state index < -0.39 is 0 Å². The second-order valence-electron chi connectivity index (χ2n) is 11.7. The average Bonchev–Trinajstić information content (AvgIpc) is 3.28. The lowest BCUT2D eigenvalue weighted by Gasteiger charge is -2.47. The lowest BCUT2D eigenvalue weighted by molar-refractivity contribution is -0.142. The third kappa shape index (κ3) is 5.95. The minimum Gasteiger partial charge on any atom is -0.381 e. The van der Waals surface area contributed by atoms with Gasteiger partial charge in [-0.05, 0) is 71.3 Å². The molecule has 1 aliphatic carbocycles. The summed E-state index contributed by atoms with van der Waals surface area (Å²) >= 11 is 0. The standard InChI is InChI=1S/C26H50N6O2/c1-18(2)32-25-23(16-28-32)22(26(33)31(4)21-8-12-34-13-9-21)15-24(29-25)20-7-5-6-19(14-20)17-30(3)11-10-27/h18-25,28-29H,5-17,27H2,1-4H3. The molecule has 4 rings (SSSR count). The van der Waals surface area contributed by atoms with Crippen molar-refractivity contribution in [3.05, 3.63) is 0 Å². The molecule has 0 aromatic heterocycles. The summed E-state index contributed by atoms with van der Waals surface area (Å²) in [6.07, 6.45) is 8.27. The van der Waals surface area contributed by atoms with Crippen LogP contribution in [0.4, 0.5) is 0 Å². The predicted molar refractivity (Wildman–Crippen MR) is 136 cm³/mol. The van der Waals surface area contributed by atoms with Crippen LogP contribution in [0.1, 0.15) is 58.8 Å². The van der Waals surface area contributed by atoms with E-state index in [2.05, 4.69) is 46.4 Å². The Bertz CT molecular complexity index is 657. The molecule has 0 bridgehead atoms. The van der Waals surface area contributed by atoms with E-state index in [0.29, 0.717) is 35.9 Å². The Morgan fingerprint density at radius 1 is 1.15 bits per heavy atom. The molecule has 4 aliphatic rings. The third-order valence-corrected chi connectivity index (χ3v) is 9.06. The van der Waals surface area contributed by atoms with Gasteiger partial charge in [0.25, 0.3) is 0 Å². The number of nitrogens with zero attached hydrogens (tertiary/aromatic N) is 3. The number of amides is 1. The molecular formula is C26H50N6O2. The van der Waals surface area contributed by atoms with Crippen LogP contribution in [-0.4, -0.2) is 98.5 Å². The van der Waals surface area contributed by atoms with Crippen LogP contribution in [-0.2, 0) is 9.53 Å². The highest BCUT2D eigenvalue weighted by Gasteiger charge is 2.50. The number of nitrogens with one attached hydrogen (secondary N) is 2. The van der Waals surface area contributed by atoms with Crippen molar-refractivity contribution in [2.24, 2.45) is 29.4 Å². The highest BCUT2D eigenvalue weighted by molar-refractivity contribution is 5.79. The first-order valence-electron chi connectivity index (χ1n) is 13.9. The Balaban J connectivity index is 1.47. The number of nitrogens with two attached hydrogens (primary N) is 1. The molecule has 3 saturated heterocycles. The van der Waals surface area contributed by atoms with Gasteiger partial charge in [-0.15, -0.1) is 0 Å². The normalized spacial score (nSPS) is 35.6. The maximum absolute atomic E-state index is 13.9. The zero-order chi connectivity index (χ0) is 24.2. The maximum atomic E-state index is 13.9. The molecule has 1 amide bonds. The van der Waals surface area contributed by atoms with Crippen LogP contribution in [0.2, 0.25) is 0 Å². The van der Waals surface area contributed by atoms with E-state index in [-0.39, 0.29) is 12.1 Å². The number of likely N-dealkylation sites (N-methyl/N-ethyl adjacent to an activating group) is 1. The summed E-state index contributed by atoms with van der Waals surface area (Å²) in [6, 6.07) is 1.12. The fraction of sp³-hybridized carbons (Fsp3) is 0.962. The number of fused-ring (bicyclic) bond motifs is 1. The van der Waals surface area contributed by atoms with E-state index in [4.69, 9.17) is 10.5 Å². The smallest absolute Gasteiger partial charge is 0.226 e. The van der Waals surface area contributed by atoms with E-state index >= 15 is 0 Å². The minimum atomic E-state index is 0.0839. The monoisotopic (exact) mass is 478 g/mol. The van der Waals surface area contributed by atoms with Crippen molar-refractivity contribution in [3.8, 4) is 0 Å². The molecule has 196 valence electrons. The van der Waals surface area contributed by atoms with Gasteiger partial charge in [-0.3, -0.25) is 15.5 Å². The van der Waals surface area contributed by atoms with Crippen molar-refractivity contribution in [2.75, 3.05) is 53.5 Å². The van der Waals surface area contributed by atoms with Gasteiger partial charge in [0, 0.05) is 76.4 Å². The Morgan fingerprint density at radius 2 is 1.91 bits per heavy atom. The molecule has 4 N–H and O–H groups in total. The number of hydrazine groups is 1. The highest BCUT2D eigenvalue weighted by Crippen LogP contribution is 2.40. The van der Waals surface area contributed by atoms with Crippen LogP contribution in [0.25, 0.3) is 0 Å².